The number of ketones is 1. The molecule has 0 aromatic rings. The minimum absolute atomic E-state index is 0.0909. The summed E-state index contributed by atoms with van der Waals surface area (Å²) in [5.41, 5.74) is -0.606. The van der Waals surface area contributed by atoms with Crippen LogP contribution in [-0.2, 0) is 19.4 Å². The van der Waals surface area contributed by atoms with Crippen LogP contribution in [0.4, 0.5) is 0 Å². The van der Waals surface area contributed by atoms with E-state index in [4.69, 9.17) is 4.74 Å². The fourth-order valence-corrected chi connectivity index (χ4v) is 3.42. The molecule has 0 unspecified atom stereocenters. The van der Waals surface area contributed by atoms with E-state index in [1.807, 2.05) is 6.92 Å². The predicted molar refractivity (Wildman–Crippen MR) is 71.4 cm³/mol. The molecule has 4 nitrogen and oxygen atoms in total. The molecule has 0 atom stereocenters. The van der Waals surface area contributed by atoms with Crippen LogP contribution < -0.4 is 0 Å². The zero-order valence-corrected chi connectivity index (χ0v) is 12.2. The second-order valence-electron chi connectivity index (χ2n) is 4.90. The Labute approximate surface area is 110 Å². The van der Waals surface area contributed by atoms with Crippen LogP contribution in [-0.4, -0.2) is 37.9 Å². The first-order valence-electron chi connectivity index (χ1n) is 6.83. The second-order valence-corrected chi connectivity index (χ2v) is 7.37. The smallest absolute Gasteiger partial charge is 0.164 e. The van der Waals surface area contributed by atoms with E-state index >= 15 is 0 Å². The van der Waals surface area contributed by atoms with Gasteiger partial charge in [-0.05, 0) is 39.0 Å². The average molecular weight is 276 g/mol. The molecule has 0 radical (unpaired) electrons. The molecule has 5 heteroatoms. The van der Waals surface area contributed by atoms with Crippen LogP contribution in [0.3, 0.4) is 0 Å². The highest BCUT2D eigenvalue weighted by Gasteiger charge is 2.40. The van der Waals surface area contributed by atoms with Gasteiger partial charge in [-0.25, -0.2) is 8.42 Å². The van der Waals surface area contributed by atoms with Crippen LogP contribution in [0.5, 0.6) is 0 Å². The standard InChI is InChI=1S/C13H24O4S/c1-3-17-13(9-5-6-10-13)12(14)8-7-11-18(15,16)4-2/h3-11H2,1-2H3. The van der Waals surface area contributed by atoms with Crippen LogP contribution in [0, 0.1) is 0 Å². The van der Waals surface area contributed by atoms with Crippen molar-refractivity contribution in [2.45, 2.75) is 58.0 Å². The summed E-state index contributed by atoms with van der Waals surface area (Å²) in [6.45, 7) is 4.07. The van der Waals surface area contributed by atoms with E-state index in [0.29, 0.717) is 19.4 Å². The summed E-state index contributed by atoms with van der Waals surface area (Å²) in [7, 11) is -2.96. The van der Waals surface area contributed by atoms with Crippen molar-refractivity contribution in [3.05, 3.63) is 0 Å². The van der Waals surface area contributed by atoms with E-state index in [-0.39, 0.29) is 17.3 Å². The number of carbonyl (C=O) groups is 1. The van der Waals surface area contributed by atoms with Crippen LogP contribution in [0.1, 0.15) is 52.4 Å². The van der Waals surface area contributed by atoms with Gasteiger partial charge < -0.3 is 4.74 Å². The van der Waals surface area contributed by atoms with E-state index in [0.717, 1.165) is 25.7 Å². The summed E-state index contributed by atoms with van der Waals surface area (Å²) in [4.78, 5) is 12.2. The van der Waals surface area contributed by atoms with Crippen molar-refractivity contribution in [2.24, 2.45) is 0 Å². The first kappa shape index (κ1) is 15.6. The highest BCUT2D eigenvalue weighted by molar-refractivity contribution is 7.91. The predicted octanol–water partition coefficient (Wildman–Crippen LogP) is 2.12. The molecule has 0 amide bonds. The Bertz CT molecular complexity index is 366. The molecule has 0 heterocycles. The van der Waals surface area contributed by atoms with E-state index in [1.165, 1.54) is 0 Å². The molecular formula is C13H24O4S. The third kappa shape index (κ3) is 4.05. The summed E-state index contributed by atoms with van der Waals surface area (Å²) in [6.07, 6.45) is 4.38. The lowest BCUT2D eigenvalue weighted by atomic mass is 9.93. The lowest BCUT2D eigenvalue weighted by molar-refractivity contribution is -0.143. The Morgan fingerprint density at radius 1 is 1.22 bits per heavy atom. The van der Waals surface area contributed by atoms with Crippen molar-refractivity contribution in [3.8, 4) is 0 Å². The molecule has 0 spiro atoms. The fraction of sp³-hybridized carbons (Fsp3) is 0.923. The zero-order chi connectivity index (χ0) is 13.6. The molecule has 18 heavy (non-hydrogen) atoms. The molecule has 1 aliphatic carbocycles. The van der Waals surface area contributed by atoms with Gasteiger partial charge in [-0.15, -0.1) is 0 Å². The monoisotopic (exact) mass is 276 g/mol. The Morgan fingerprint density at radius 2 is 1.83 bits per heavy atom. The van der Waals surface area contributed by atoms with Gasteiger partial charge in [0.2, 0.25) is 0 Å². The molecule has 0 aromatic heterocycles. The van der Waals surface area contributed by atoms with Crippen molar-refractivity contribution in [1.29, 1.82) is 0 Å². The summed E-state index contributed by atoms with van der Waals surface area (Å²) in [6, 6.07) is 0. The van der Waals surface area contributed by atoms with Gasteiger partial charge >= 0.3 is 0 Å². The van der Waals surface area contributed by atoms with Crippen molar-refractivity contribution in [1.82, 2.24) is 0 Å². The summed E-state index contributed by atoms with van der Waals surface area (Å²) < 4.78 is 28.4. The molecule has 0 aliphatic heterocycles. The van der Waals surface area contributed by atoms with Crippen LogP contribution in [0.25, 0.3) is 0 Å². The highest BCUT2D eigenvalue weighted by atomic mass is 32.2. The molecule has 1 rings (SSSR count). The summed E-state index contributed by atoms with van der Waals surface area (Å²) >= 11 is 0. The molecular weight excluding hydrogens is 252 g/mol. The third-order valence-corrected chi connectivity index (χ3v) is 5.43. The Balaban J connectivity index is 2.48. The Morgan fingerprint density at radius 3 is 2.33 bits per heavy atom. The lowest BCUT2D eigenvalue weighted by Gasteiger charge is -2.27. The average Bonchev–Trinajstić information content (AvgIpc) is 2.79. The van der Waals surface area contributed by atoms with Crippen molar-refractivity contribution in [3.63, 3.8) is 0 Å². The van der Waals surface area contributed by atoms with Gasteiger partial charge in [0.15, 0.2) is 5.78 Å². The molecule has 1 aliphatic rings. The van der Waals surface area contributed by atoms with Crippen LogP contribution in [0.15, 0.2) is 0 Å². The molecule has 0 bridgehead atoms. The van der Waals surface area contributed by atoms with Crippen molar-refractivity contribution >= 4 is 15.6 Å². The summed E-state index contributed by atoms with van der Waals surface area (Å²) in [5, 5.41) is 0. The molecule has 0 N–H and O–H groups in total. The largest absolute Gasteiger partial charge is 0.368 e. The number of ether oxygens (including phenoxy) is 1. The molecule has 106 valence electrons. The number of Topliss-reactive ketones (excluding diaryl/α,β-unsaturated/α-hetero) is 1. The van der Waals surface area contributed by atoms with Crippen molar-refractivity contribution < 1.29 is 17.9 Å². The maximum Gasteiger partial charge on any atom is 0.164 e. The minimum atomic E-state index is -2.96. The van der Waals surface area contributed by atoms with E-state index in [2.05, 4.69) is 0 Å². The van der Waals surface area contributed by atoms with Gasteiger partial charge in [0.25, 0.3) is 0 Å². The van der Waals surface area contributed by atoms with E-state index in [9.17, 15) is 13.2 Å². The number of rotatable bonds is 8. The topological polar surface area (TPSA) is 60.4 Å². The first-order valence-corrected chi connectivity index (χ1v) is 8.65. The lowest BCUT2D eigenvalue weighted by Crippen LogP contribution is -2.39. The zero-order valence-electron chi connectivity index (χ0n) is 11.4. The van der Waals surface area contributed by atoms with Gasteiger partial charge in [0, 0.05) is 18.8 Å². The highest BCUT2D eigenvalue weighted by Crippen LogP contribution is 2.35. The first-order chi connectivity index (χ1) is 8.46. The van der Waals surface area contributed by atoms with Gasteiger partial charge in [-0.3, -0.25) is 4.79 Å². The second kappa shape index (κ2) is 6.66. The summed E-state index contributed by atoms with van der Waals surface area (Å²) in [5.74, 6) is 0.350. The molecule has 1 saturated carbocycles. The normalized spacial score (nSPS) is 19.0. The molecule has 1 fully saturated rings. The maximum absolute atomic E-state index is 12.2. The van der Waals surface area contributed by atoms with Gasteiger partial charge in [0.05, 0.1) is 5.75 Å². The van der Waals surface area contributed by atoms with Crippen LogP contribution in [0.2, 0.25) is 0 Å². The number of sulfone groups is 1. The fourth-order valence-electron chi connectivity index (χ4n) is 2.55. The van der Waals surface area contributed by atoms with Gasteiger partial charge in [-0.1, -0.05) is 6.92 Å². The van der Waals surface area contributed by atoms with E-state index in [1.54, 1.807) is 6.92 Å². The van der Waals surface area contributed by atoms with E-state index < -0.39 is 15.4 Å². The number of carbonyl (C=O) groups excluding carboxylic acids is 1. The van der Waals surface area contributed by atoms with Crippen molar-refractivity contribution in [2.75, 3.05) is 18.1 Å². The van der Waals surface area contributed by atoms with Gasteiger partial charge in [-0.2, -0.15) is 0 Å². The molecule has 0 saturated heterocycles. The molecule has 0 aromatic carbocycles. The Kier molecular flexibility index (Phi) is 5.79. The maximum atomic E-state index is 12.2. The van der Waals surface area contributed by atoms with Crippen LogP contribution >= 0.6 is 0 Å². The van der Waals surface area contributed by atoms with Gasteiger partial charge in [0.1, 0.15) is 15.4 Å². The quantitative estimate of drug-likeness (QED) is 0.681. The number of hydrogen-bond acceptors (Lipinski definition) is 4. The number of hydrogen-bond donors (Lipinski definition) is 0. The third-order valence-electron chi connectivity index (χ3n) is 3.64. The minimum Gasteiger partial charge on any atom is -0.368 e. The SMILES string of the molecule is CCOC1(C(=O)CCCS(=O)(=O)CC)CCCC1. The Hall–Kier alpha value is -0.420.